The van der Waals surface area contributed by atoms with Crippen LogP contribution < -0.4 is 5.73 Å². The van der Waals surface area contributed by atoms with E-state index in [1.165, 1.54) is 13.8 Å². The summed E-state index contributed by atoms with van der Waals surface area (Å²) in [5, 5.41) is 0. The number of hydrogen-bond acceptors (Lipinski definition) is 4. The Bertz CT molecular complexity index is 170. The molecular formula is C5H12NO4P. The Labute approximate surface area is 65.5 Å². The number of carbonyl (C=O) groups is 1. The van der Waals surface area contributed by atoms with Gasteiger partial charge in [-0.1, -0.05) is 0 Å². The van der Waals surface area contributed by atoms with Gasteiger partial charge in [-0.05, 0) is 13.8 Å². The highest BCUT2D eigenvalue weighted by molar-refractivity contribution is 7.32. The highest BCUT2D eigenvalue weighted by atomic mass is 31.1. The fraction of sp³-hybridized carbons (Fsp3) is 0.800. The zero-order valence-corrected chi connectivity index (χ0v) is 7.40. The number of ketones is 1. The molecule has 0 radical (unpaired) electrons. The Morgan fingerprint density at radius 1 is 1.73 bits per heavy atom. The first kappa shape index (κ1) is 10.8. The third-order valence-electron chi connectivity index (χ3n) is 1.11. The maximum Gasteiger partial charge on any atom is 0.317 e. The van der Waals surface area contributed by atoms with Crippen molar-refractivity contribution in [1.82, 2.24) is 0 Å². The average Bonchev–Trinajstić information content (AvgIpc) is 1.81. The van der Waals surface area contributed by atoms with Crippen molar-refractivity contribution in [3.63, 3.8) is 0 Å². The van der Waals surface area contributed by atoms with Crippen molar-refractivity contribution < 1.29 is 18.8 Å². The van der Waals surface area contributed by atoms with E-state index >= 15 is 0 Å². The van der Waals surface area contributed by atoms with E-state index in [0.717, 1.165) is 0 Å². The molecular weight excluding hydrogens is 169 g/mol. The van der Waals surface area contributed by atoms with Gasteiger partial charge in [0.25, 0.3) is 0 Å². The second-order valence-electron chi connectivity index (χ2n) is 2.27. The average molecular weight is 181 g/mol. The molecule has 0 aliphatic carbocycles. The van der Waals surface area contributed by atoms with Gasteiger partial charge in [0.1, 0.15) is 6.10 Å². The van der Waals surface area contributed by atoms with Crippen LogP contribution in [-0.4, -0.2) is 22.8 Å². The lowest BCUT2D eigenvalue weighted by molar-refractivity contribution is -0.124. The highest BCUT2D eigenvalue weighted by Gasteiger charge is 2.20. The van der Waals surface area contributed by atoms with E-state index in [0.29, 0.717) is 0 Å². The summed E-state index contributed by atoms with van der Waals surface area (Å²) >= 11 is 0. The lowest BCUT2D eigenvalue weighted by Crippen LogP contribution is -2.37. The fourth-order valence-corrected chi connectivity index (χ4v) is 1.27. The van der Waals surface area contributed by atoms with Gasteiger partial charge in [0.2, 0.25) is 0 Å². The minimum Gasteiger partial charge on any atom is -0.326 e. The van der Waals surface area contributed by atoms with Crippen molar-refractivity contribution in [2.75, 3.05) is 0 Å². The van der Waals surface area contributed by atoms with Gasteiger partial charge in [0.05, 0.1) is 0 Å². The van der Waals surface area contributed by atoms with Gasteiger partial charge in [-0.2, -0.15) is 0 Å². The van der Waals surface area contributed by atoms with E-state index in [1.54, 1.807) is 0 Å². The van der Waals surface area contributed by atoms with Gasteiger partial charge < -0.3 is 10.6 Å². The summed E-state index contributed by atoms with van der Waals surface area (Å²) in [5.74, 6) is -0.340. The second-order valence-corrected chi connectivity index (χ2v) is 3.04. The number of hydrogen-bond donors (Lipinski definition) is 2. The van der Waals surface area contributed by atoms with Crippen LogP contribution in [0.3, 0.4) is 0 Å². The van der Waals surface area contributed by atoms with Crippen LogP contribution in [0, 0.1) is 0 Å². The molecule has 0 rings (SSSR count). The topological polar surface area (TPSA) is 89.6 Å². The summed E-state index contributed by atoms with van der Waals surface area (Å²) in [5.41, 5.74) is 5.31. The van der Waals surface area contributed by atoms with Crippen LogP contribution in [0.2, 0.25) is 0 Å². The normalized spacial score (nSPS) is 18.9. The van der Waals surface area contributed by atoms with Gasteiger partial charge in [0, 0.05) is 6.04 Å². The summed E-state index contributed by atoms with van der Waals surface area (Å²) in [4.78, 5) is 19.0. The van der Waals surface area contributed by atoms with Gasteiger partial charge in [-0.15, -0.1) is 0 Å². The summed E-state index contributed by atoms with van der Waals surface area (Å²) in [6, 6.07) is -0.561. The molecule has 0 saturated carbocycles. The Morgan fingerprint density at radius 3 is 2.27 bits per heavy atom. The molecule has 3 N–H and O–H groups in total. The molecule has 0 aromatic heterocycles. The SMILES string of the molecule is CC(=O)C(O[PH](=O)O)C(C)N. The van der Waals surface area contributed by atoms with Crippen LogP contribution in [0.15, 0.2) is 0 Å². The quantitative estimate of drug-likeness (QED) is 0.580. The van der Waals surface area contributed by atoms with E-state index in [9.17, 15) is 9.36 Å². The van der Waals surface area contributed by atoms with E-state index in [2.05, 4.69) is 4.52 Å². The Morgan fingerprint density at radius 2 is 2.18 bits per heavy atom. The van der Waals surface area contributed by atoms with Crippen molar-refractivity contribution in [3.05, 3.63) is 0 Å². The minimum atomic E-state index is -3.07. The summed E-state index contributed by atoms with van der Waals surface area (Å²) < 4.78 is 14.6. The number of nitrogens with two attached hydrogens (primary N) is 1. The Hall–Kier alpha value is -0.220. The fourth-order valence-electron chi connectivity index (χ4n) is 0.669. The Balaban J connectivity index is 4.12. The third kappa shape index (κ3) is 4.27. The molecule has 3 unspecified atom stereocenters. The first-order chi connectivity index (χ1) is 4.95. The van der Waals surface area contributed by atoms with Gasteiger partial charge in [0.15, 0.2) is 5.78 Å². The van der Waals surface area contributed by atoms with Crippen molar-refractivity contribution >= 4 is 14.0 Å². The highest BCUT2D eigenvalue weighted by Crippen LogP contribution is 2.19. The predicted molar refractivity (Wildman–Crippen MR) is 40.4 cm³/mol. The second kappa shape index (κ2) is 4.62. The van der Waals surface area contributed by atoms with Crippen molar-refractivity contribution in [3.8, 4) is 0 Å². The first-order valence-electron chi connectivity index (χ1n) is 3.10. The molecule has 0 spiro atoms. The number of Topliss-reactive ketones (excluding diaryl/α,β-unsaturated/α-hetero) is 1. The molecule has 66 valence electrons. The van der Waals surface area contributed by atoms with Crippen LogP contribution in [0.5, 0.6) is 0 Å². The smallest absolute Gasteiger partial charge is 0.317 e. The van der Waals surface area contributed by atoms with Crippen LogP contribution in [0.4, 0.5) is 0 Å². The third-order valence-corrected chi connectivity index (χ3v) is 1.56. The van der Waals surface area contributed by atoms with Crippen molar-refractivity contribution in [2.24, 2.45) is 5.73 Å². The standard InChI is InChI=1S/C5H12NO4P/c1-3(6)5(4(2)7)10-11(8)9/h3,5,11H,6H2,1-2H3,(H,8,9). The zero-order valence-electron chi connectivity index (χ0n) is 6.40. The molecule has 5 nitrogen and oxygen atoms in total. The summed E-state index contributed by atoms with van der Waals surface area (Å²) in [6.45, 7) is 2.80. The van der Waals surface area contributed by atoms with Crippen molar-refractivity contribution in [1.29, 1.82) is 0 Å². The molecule has 0 aliphatic rings. The number of carbonyl (C=O) groups excluding carboxylic acids is 1. The molecule has 0 saturated heterocycles. The first-order valence-corrected chi connectivity index (χ1v) is 4.37. The van der Waals surface area contributed by atoms with E-state index in [4.69, 9.17) is 10.6 Å². The summed E-state index contributed by atoms with van der Waals surface area (Å²) in [6.07, 6.45) is -0.966. The van der Waals surface area contributed by atoms with Crippen LogP contribution in [-0.2, 0) is 13.9 Å². The number of rotatable bonds is 4. The van der Waals surface area contributed by atoms with Gasteiger partial charge in [-0.25, -0.2) is 0 Å². The molecule has 0 heterocycles. The van der Waals surface area contributed by atoms with Crippen LogP contribution >= 0.6 is 8.25 Å². The predicted octanol–water partition coefficient (Wildman–Crippen LogP) is -0.310. The monoisotopic (exact) mass is 181 g/mol. The molecule has 3 atom stereocenters. The minimum absolute atomic E-state index is 0.340. The summed E-state index contributed by atoms with van der Waals surface area (Å²) in [7, 11) is -3.07. The molecule has 6 heteroatoms. The molecule has 0 amide bonds. The Kier molecular flexibility index (Phi) is 4.52. The largest absolute Gasteiger partial charge is 0.326 e. The van der Waals surface area contributed by atoms with E-state index < -0.39 is 20.4 Å². The molecule has 0 aliphatic heterocycles. The van der Waals surface area contributed by atoms with Crippen LogP contribution in [0.25, 0.3) is 0 Å². The molecule has 0 fully saturated rings. The van der Waals surface area contributed by atoms with Gasteiger partial charge in [-0.3, -0.25) is 13.9 Å². The molecule has 0 aromatic rings. The molecule has 0 aromatic carbocycles. The lowest BCUT2D eigenvalue weighted by atomic mass is 10.1. The lowest BCUT2D eigenvalue weighted by Gasteiger charge is -2.15. The molecule has 11 heavy (non-hydrogen) atoms. The van der Waals surface area contributed by atoms with Crippen LogP contribution in [0.1, 0.15) is 13.8 Å². The zero-order chi connectivity index (χ0) is 9.02. The van der Waals surface area contributed by atoms with E-state index in [1.807, 2.05) is 0 Å². The van der Waals surface area contributed by atoms with E-state index in [-0.39, 0.29) is 5.78 Å². The maximum atomic E-state index is 10.7. The maximum absolute atomic E-state index is 10.7. The van der Waals surface area contributed by atoms with Crippen molar-refractivity contribution in [2.45, 2.75) is 26.0 Å². The van der Waals surface area contributed by atoms with Gasteiger partial charge >= 0.3 is 8.25 Å². The molecule has 0 bridgehead atoms.